The second kappa shape index (κ2) is 21.0. The molecule has 2 aromatic carbocycles. The average molecular weight is 617 g/mol. The maximum Gasteiger partial charge on any atom is 0.189 e. The van der Waals surface area contributed by atoms with Gasteiger partial charge in [-0.15, -0.1) is 0 Å². The van der Waals surface area contributed by atoms with E-state index in [1.54, 1.807) is 62.8 Å². The number of carbonyl (C=O) groups is 2. The fourth-order valence-electron chi connectivity index (χ4n) is 3.67. The lowest BCUT2D eigenvalue weighted by Gasteiger charge is -2.13. The molecule has 2 aromatic rings. The summed E-state index contributed by atoms with van der Waals surface area (Å²) >= 11 is 0. The van der Waals surface area contributed by atoms with Crippen LogP contribution in [0.25, 0.3) is 12.2 Å². The third-order valence-corrected chi connectivity index (χ3v) is 6.23. The quantitative estimate of drug-likeness (QED) is 0.107. The zero-order valence-corrected chi connectivity index (χ0v) is 25.8. The predicted molar refractivity (Wildman–Crippen MR) is 166 cm³/mol. The molecular weight excluding hydrogens is 572 g/mol. The highest BCUT2D eigenvalue weighted by atomic mass is 16.7. The summed E-state index contributed by atoms with van der Waals surface area (Å²) in [6.45, 7) is 1.85. The molecule has 12 heteroatoms. The van der Waals surface area contributed by atoms with Crippen molar-refractivity contribution >= 4 is 23.7 Å². The van der Waals surface area contributed by atoms with E-state index >= 15 is 0 Å². The first-order valence-corrected chi connectivity index (χ1v) is 14.0. The van der Waals surface area contributed by atoms with Gasteiger partial charge < -0.3 is 49.4 Å². The van der Waals surface area contributed by atoms with Gasteiger partial charge in [0, 0.05) is 14.2 Å². The van der Waals surface area contributed by atoms with Crippen LogP contribution in [0.1, 0.15) is 24.0 Å². The highest BCUT2D eigenvalue weighted by Gasteiger charge is 2.16. The highest BCUT2D eigenvalue weighted by molar-refractivity contribution is 5.98. The van der Waals surface area contributed by atoms with Crippen LogP contribution in [-0.4, -0.2) is 92.1 Å². The molecule has 4 N–H and O–H groups in total. The Morgan fingerprint density at radius 2 is 1.05 bits per heavy atom. The Labute approximate surface area is 258 Å². The Kier molecular flexibility index (Phi) is 17.4. The van der Waals surface area contributed by atoms with E-state index in [1.807, 2.05) is 0 Å². The van der Waals surface area contributed by atoms with Gasteiger partial charge in [-0.3, -0.25) is 9.59 Å². The molecule has 0 aliphatic rings. The Hall–Kier alpha value is -3.78. The number of hydrogen-bond acceptors (Lipinski definition) is 12. The van der Waals surface area contributed by atoms with E-state index < -0.39 is 12.1 Å². The number of nitrogens with two attached hydrogens (primary N) is 2. The molecule has 242 valence electrons. The molecule has 0 heterocycles. The van der Waals surface area contributed by atoms with Gasteiger partial charge in [-0.05, 0) is 60.4 Å². The van der Waals surface area contributed by atoms with Crippen molar-refractivity contribution in [1.29, 1.82) is 0 Å². The molecular formula is C32H44N2O10. The van der Waals surface area contributed by atoms with Gasteiger partial charge in [-0.2, -0.15) is 0 Å². The van der Waals surface area contributed by atoms with Crippen LogP contribution in [0.3, 0.4) is 0 Å². The first kappa shape index (κ1) is 36.4. The lowest BCUT2D eigenvalue weighted by atomic mass is 10.00. The number of hydrogen-bond donors (Lipinski definition) is 2. The molecule has 0 amide bonds. The van der Waals surface area contributed by atoms with Crippen LogP contribution in [0.5, 0.6) is 23.0 Å². The van der Waals surface area contributed by atoms with E-state index in [1.165, 1.54) is 26.4 Å². The number of carbonyl (C=O) groups excluding carboxylic acids is 2. The minimum atomic E-state index is -0.807. The van der Waals surface area contributed by atoms with E-state index in [9.17, 15) is 9.59 Å². The van der Waals surface area contributed by atoms with Crippen molar-refractivity contribution < 1.29 is 47.5 Å². The minimum Gasteiger partial charge on any atom is -0.493 e. The van der Waals surface area contributed by atoms with E-state index in [0.717, 1.165) is 11.1 Å². The fraction of sp³-hybridized carbons (Fsp3) is 0.438. The molecule has 2 rings (SSSR count). The third kappa shape index (κ3) is 13.2. The molecule has 2 unspecified atom stereocenters. The first-order valence-electron chi connectivity index (χ1n) is 14.0. The minimum absolute atomic E-state index is 0.0481. The Morgan fingerprint density at radius 1 is 0.636 bits per heavy atom. The Bertz CT molecular complexity index is 1120. The van der Waals surface area contributed by atoms with Gasteiger partial charge >= 0.3 is 0 Å². The maximum absolute atomic E-state index is 12.6. The third-order valence-electron chi connectivity index (χ3n) is 6.23. The van der Waals surface area contributed by atoms with Crippen LogP contribution in [0, 0.1) is 0 Å². The van der Waals surface area contributed by atoms with Gasteiger partial charge in [0.05, 0.1) is 52.7 Å². The number of benzene rings is 2. The van der Waals surface area contributed by atoms with Crippen molar-refractivity contribution in [2.45, 2.75) is 24.9 Å². The second-order valence-electron chi connectivity index (χ2n) is 9.41. The number of ketones is 2. The lowest BCUT2D eigenvalue weighted by Crippen LogP contribution is -2.34. The molecule has 0 aromatic heterocycles. The summed E-state index contributed by atoms with van der Waals surface area (Å²) in [6, 6.07) is 8.85. The van der Waals surface area contributed by atoms with Crippen molar-refractivity contribution in [1.82, 2.24) is 0 Å². The lowest BCUT2D eigenvalue weighted by molar-refractivity contribution is -0.117. The summed E-state index contributed by atoms with van der Waals surface area (Å²) in [7, 11) is 6.22. The van der Waals surface area contributed by atoms with Crippen LogP contribution >= 0.6 is 0 Å². The van der Waals surface area contributed by atoms with Gasteiger partial charge in [-0.1, -0.05) is 24.3 Å². The smallest absolute Gasteiger partial charge is 0.189 e. The topological polar surface area (TPSA) is 160 Å². The summed E-state index contributed by atoms with van der Waals surface area (Å²) in [5.74, 6) is 1.41. The summed E-state index contributed by atoms with van der Waals surface area (Å²) in [6.07, 6.45) is 6.55. The SMILES string of the molecule is COCCOCOc1ccc(C=CC(=O)C(N)CCC(N)C(=O)C=Cc2ccc(OCOCCOC)c(OC)c2)cc1OC. The van der Waals surface area contributed by atoms with Crippen LogP contribution in [0.4, 0.5) is 0 Å². The van der Waals surface area contributed by atoms with Gasteiger partial charge in [0.2, 0.25) is 0 Å². The number of rotatable bonds is 23. The van der Waals surface area contributed by atoms with Gasteiger partial charge in [0.15, 0.2) is 48.2 Å². The molecule has 0 aliphatic carbocycles. The zero-order valence-electron chi connectivity index (χ0n) is 25.8. The molecule has 0 aliphatic heterocycles. The van der Waals surface area contributed by atoms with Crippen LogP contribution < -0.4 is 30.4 Å². The zero-order chi connectivity index (χ0) is 32.2. The maximum atomic E-state index is 12.6. The molecule has 0 radical (unpaired) electrons. The molecule has 0 bridgehead atoms. The standard InChI is InChI=1S/C32H44N2O10/c1-37-15-17-41-21-43-29-13-7-23(19-31(29)39-3)5-11-27(35)25(33)9-10-26(34)28(36)12-6-24-8-14-30(32(20-24)40-4)44-22-42-18-16-38-2/h5-8,11-14,19-20,25-26H,9-10,15-18,21-22,33-34H2,1-4H3. The molecule has 12 nitrogen and oxygen atoms in total. The molecule has 2 atom stereocenters. The molecule has 0 fully saturated rings. The second-order valence-corrected chi connectivity index (χ2v) is 9.41. The normalized spacial score (nSPS) is 12.8. The Morgan fingerprint density at radius 3 is 1.41 bits per heavy atom. The molecule has 0 saturated carbocycles. The highest BCUT2D eigenvalue weighted by Crippen LogP contribution is 2.29. The van der Waals surface area contributed by atoms with Crippen molar-refractivity contribution in [3.63, 3.8) is 0 Å². The van der Waals surface area contributed by atoms with Gasteiger partial charge in [-0.25, -0.2) is 0 Å². The van der Waals surface area contributed by atoms with Gasteiger partial charge in [0.25, 0.3) is 0 Å². The van der Waals surface area contributed by atoms with E-state index in [0.29, 0.717) is 49.4 Å². The summed E-state index contributed by atoms with van der Waals surface area (Å²) < 4.78 is 42.4. The van der Waals surface area contributed by atoms with Crippen LogP contribution in [0.2, 0.25) is 0 Å². The fourth-order valence-corrected chi connectivity index (χ4v) is 3.67. The van der Waals surface area contributed by atoms with Crippen molar-refractivity contribution in [2.75, 3.05) is 68.5 Å². The molecule has 0 spiro atoms. The van der Waals surface area contributed by atoms with E-state index in [4.69, 9.17) is 49.4 Å². The van der Waals surface area contributed by atoms with E-state index in [2.05, 4.69) is 0 Å². The van der Waals surface area contributed by atoms with Crippen molar-refractivity contribution in [2.24, 2.45) is 11.5 Å². The monoisotopic (exact) mass is 616 g/mol. The van der Waals surface area contributed by atoms with Crippen molar-refractivity contribution in [3.05, 3.63) is 59.7 Å². The molecule has 44 heavy (non-hydrogen) atoms. The predicted octanol–water partition coefficient (Wildman–Crippen LogP) is 3.00. The van der Waals surface area contributed by atoms with Crippen molar-refractivity contribution in [3.8, 4) is 23.0 Å². The average Bonchev–Trinajstić information content (AvgIpc) is 3.04. The molecule has 0 saturated heterocycles. The van der Waals surface area contributed by atoms with Gasteiger partial charge in [0.1, 0.15) is 0 Å². The van der Waals surface area contributed by atoms with Crippen LogP contribution in [0.15, 0.2) is 48.6 Å². The number of ether oxygens (including phenoxy) is 8. The summed E-state index contributed by atoms with van der Waals surface area (Å²) in [5, 5.41) is 0. The van der Waals surface area contributed by atoms with Crippen LogP contribution in [-0.2, 0) is 28.5 Å². The number of methoxy groups -OCH3 is 4. The van der Waals surface area contributed by atoms with E-state index in [-0.39, 0.29) is 38.0 Å². The largest absolute Gasteiger partial charge is 0.493 e. The first-order chi connectivity index (χ1) is 21.3. The summed E-state index contributed by atoms with van der Waals surface area (Å²) in [4.78, 5) is 25.2. The Balaban J connectivity index is 1.83. The summed E-state index contributed by atoms with van der Waals surface area (Å²) in [5.41, 5.74) is 13.6.